The number of nitrogens with one attached hydrogen (secondary N) is 1. The largest absolute Gasteiger partial charge is 0.332 e. The Hall–Kier alpha value is -2.74. The minimum atomic E-state index is -0.208. The molecule has 2 aromatic heterocycles. The molecule has 1 aliphatic heterocycles. The molecule has 2 amide bonds. The molecular weight excluding hydrogens is 332 g/mol. The van der Waals surface area contributed by atoms with Gasteiger partial charge in [-0.05, 0) is 18.1 Å². The van der Waals surface area contributed by atoms with Crippen LogP contribution < -0.4 is 10.9 Å². The molecule has 0 aromatic carbocycles. The van der Waals surface area contributed by atoms with Crippen LogP contribution in [0.2, 0.25) is 0 Å². The van der Waals surface area contributed by atoms with E-state index < -0.39 is 0 Å². The summed E-state index contributed by atoms with van der Waals surface area (Å²) in [6, 6.07) is 5.28. The fraction of sp³-hybridized carbons (Fsp3) is 0.444. The zero-order chi connectivity index (χ0) is 18.5. The Balaban J connectivity index is 1.76. The van der Waals surface area contributed by atoms with Crippen LogP contribution in [0.1, 0.15) is 23.5 Å². The van der Waals surface area contributed by atoms with Crippen molar-refractivity contribution in [2.24, 2.45) is 0 Å². The number of aromatic nitrogens is 3. The third-order valence-electron chi connectivity index (χ3n) is 4.32. The van der Waals surface area contributed by atoms with Crippen molar-refractivity contribution in [1.29, 1.82) is 0 Å². The number of carbonyl (C=O) groups is 1. The first kappa shape index (κ1) is 18.1. The standard InChI is InChI=1S/C18H24N6O2/c1-22(2)18(26)20-11-15-9-17(25)24-8-4-7-23(13-16(24)21-15)12-14-5-3-6-19-10-14/h3,5-6,9-10H,4,7-8,11-13H2,1-2H3,(H,20,26). The summed E-state index contributed by atoms with van der Waals surface area (Å²) in [5, 5.41) is 2.75. The van der Waals surface area contributed by atoms with E-state index in [2.05, 4.69) is 20.2 Å². The second-order valence-electron chi connectivity index (χ2n) is 6.63. The molecule has 26 heavy (non-hydrogen) atoms. The van der Waals surface area contributed by atoms with E-state index in [1.165, 1.54) is 11.0 Å². The lowest BCUT2D eigenvalue weighted by molar-refractivity contribution is 0.217. The van der Waals surface area contributed by atoms with E-state index in [4.69, 9.17) is 0 Å². The summed E-state index contributed by atoms with van der Waals surface area (Å²) in [7, 11) is 3.34. The van der Waals surface area contributed by atoms with E-state index in [1.54, 1.807) is 24.9 Å². The summed E-state index contributed by atoms with van der Waals surface area (Å²) in [6.07, 6.45) is 4.51. The van der Waals surface area contributed by atoms with E-state index in [9.17, 15) is 9.59 Å². The first-order valence-corrected chi connectivity index (χ1v) is 8.69. The average molecular weight is 356 g/mol. The van der Waals surface area contributed by atoms with Gasteiger partial charge in [0.2, 0.25) is 0 Å². The lowest BCUT2D eigenvalue weighted by Gasteiger charge is -2.19. The number of carbonyl (C=O) groups excluding carboxylic acids is 1. The number of hydrogen-bond donors (Lipinski definition) is 1. The monoisotopic (exact) mass is 356 g/mol. The van der Waals surface area contributed by atoms with E-state index in [0.717, 1.165) is 30.9 Å². The SMILES string of the molecule is CN(C)C(=O)NCc1cc(=O)n2c(n1)CN(Cc1cccnc1)CCC2. The fourth-order valence-electron chi connectivity index (χ4n) is 3.00. The highest BCUT2D eigenvalue weighted by atomic mass is 16.2. The van der Waals surface area contributed by atoms with Crippen LogP contribution in [0.15, 0.2) is 35.4 Å². The van der Waals surface area contributed by atoms with Gasteiger partial charge in [0.1, 0.15) is 5.82 Å². The van der Waals surface area contributed by atoms with Crippen LogP contribution in [0.25, 0.3) is 0 Å². The Morgan fingerprint density at radius 3 is 2.92 bits per heavy atom. The summed E-state index contributed by atoms with van der Waals surface area (Å²) in [5.41, 5.74) is 1.66. The van der Waals surface area contributed by atoms with Crippen molar-refractivity contribution in [1.82, 2.24) is 29.7 Å². The van der Waals surface area contributed by atoms with E-state index in [1.807, 2.05) is 18.3 Å². The van der Waals surface area contributed by atoms with Crippen molar-refractivity contribution < 1.29 is 4.79 Å². The summed E-state index contributed by atoms with van der Waals surface area (Å²) in [5.74, 6) is 0.744. The van der Waals surface area contributed by atoms with E-state index in [0.29, 0.717) is 18.8 Å². The van der Waals surface area contributed by atoms with Crippen LogP contribution >= 0.6 is 0 Å². The maximum absolute atomic E-state index is 12.5. The topological polar surface area (TPSA) is 83.4 Å². The first-order chi connectivity index (χ1) is 12.5. The molecule has 0 fully saturated rings. The Bertz CT molecular complexity index is 818. The summed E-state index contributed by atoms with van der Waals surface area (Å²) >= 11 is 0. The first-order valence-electron chi connectivity index (χ1n) is 8.69. The number of pyridine rings is 1. The zero-order valence-electron chi connectivity index (χ0n) is 15.2. The molecule has 3 heterocycles. The molecule has 0 saturated heterocycles. The Kier molecular flexibility index (Phi) is 5.62. The van der Waals surface area contributed by atoms with Gasteiger partial charge in [-0.3, -0.25) is 19.2 Å². The number of urea groups is 1. The van der Waals surface area contributed by atoms with Gasteiger partial charge in [-0.2, -0.15) is 0 Å². The predicted octanol–water partition coefficient (Wildman–Crippen LogP) is 0.815. The molecule has 138 valence electrons. The lowest BCUT2D eigenvalue weighted by Crippen LogP contribution is -2.35. The van der Waals surface area contributed by atoms with Crippen molar-refractivity contribution in [2.45, 2.75) is 32.6 Å². The minimum absolute atomic E-state index is 0.0627. The maximum atomic E-state index is 12.5. The van der Waals surface area contributed by atoms with Crippen LogP contribution in [0.4, 0.5) is 4.79 Å². The normalized spacial score (nSPS) is 14.4. The Morgan fingerprint density at radius 2 is 2.19 bits per heavy atom. The molecule has 0 aliphatic carbocycles. The van der Waals surface area contributed by atoms with Crippen molar-refractivity contribution in [3.63, 3.8) is 0 Å². The summed E-state index contributed by atoms with van der Waals surface area (Å²) in [4.78, 5) is 36.6. The van der Waals surface area contributed by atoms with Gasteiger partial charge in [0, 0.05) is 52.2 Å². The van der Waals surface area contributed by atoms with E-state index in [-0.39, 0.29) is 18.1 Å². The third kappa shape index (κ3) is 4.45. The average Bonchev–Trinajstić information content (AvgIpc) is 2.82. The summed E-state index contributed by atoms with van der Waals surface area (Å²) in [6.45, 7) is 3.16. The van der Waals surface area contributed by atoms with Crippen molar-refractivity contribution in [3.05, 3.63) is 58.0 Å². The third-order valence-corrected chi connectivity index (χ3v) is 4.32. The number of rotatable bonds is 4. The smallest absolute Gasteiger partial charge is 0.317 e. The van der Waals surface area contributed by atoms with Gasteiger partial charge >= 0.3 is 6.03 Å². The van der Waals surface area contributed by atoms with Gasteiger partial charge in [-0.25, -0.2) is 9.78 Å². The summed E-state index contributed by atoms with van der Waals surface area (Å²) < 4.78 is 1.74. The predicted molar refractivity (Wildman–Crippen MR) is 97.4 cm³/mol. The zero-order valence-corrected chi connectivity index (χ0v) is 15.2. The molecule has 0 atom stereocenters. The van der Waals surface area contributed by atoms with Crippen molar-refractivity contribution in [3.8, 4) is 0 Å². The number of amides is 2. The van der Waals surface area contributed by atoms with Gasteiger partial charge in [-0.15, -0.1) is 0 Å². The van der Waals surface area contributed by atoms with E-state index >= 15 is 0 Å². The van der Waals surface area contributed by atoms with Crippen molar-refractivity contribution >= 4 is 6.03 Å². The molecule has 1 N–H and O–H groups in total. The lowest BCUT2D eigenvalue weighted by atomic mass is 10.2. The second kappa shape index (κ2) is 8.09. The number of hydrogen-bond acceptors (Lipinski definition) is 5. The molecule has 0 saturated carbocycles. The Morgan fingerprint density at radius 1 is 1.35 bits per heavy atom. The quantitative estimate of drug-likeness (QED) is 0.877. The van der Waals surface area contributed by atoms with Gasteiger partial charge in [0.05, 0.1) is 18.8 Å². The fourth-order valence-corrected chi connectivity index (χ4v) is 3.00. The Labute approximate surface area is 152 Å². The highest BCUT2D eigenvalue weighted by molar-refractivity contribution is 5.73. The molecule has 1 aliphatic rings. The molecule has 0 radical (unpaired) electrons. The van der Waals surface area contributed by atoms with Crippen LogP contribution in [0.3, 0.4) is 0 Å². The van der Waals surface area contributed by atoms with Crippen LogP contribution in [0, 0.1) is 0 Å². The van der Waals surface area contributed by atoms with Crippen LogP contribution in [-0.2, 0) is 26.2 Å². The molecule has 8 nitrogen and oxygen atoms in total. The second-order valence-corrected chi connectivity index (χ2v) is 6.63. The molecule has 3 rings (SSSR count). The molecule has 0 unspecified atom stereocenters. The molecular formula is C18H24N6O2. The van der Waals surface area contributed by atoms with Crippen LogP contribution in [0.5, 0.6) is 0 Å². The molecule has 0 spiro atoms. The molecule has 8 heteroatoms. The van der Waals surface area contributed by atoms with Gasteiger partial charge in [0.25, 0.3) is 5.56 Å². The molecule has 0 bridgehead atoms. The minimum Gasteiger partial charge on any atom is -0.332 e. The highest BCUT2D eigenvalue weighted by Gasteiger charge is 2.18. The number of nitrogens with zero attached hydrogens (tertiary/aromatic N) is 5. The maximum Gasteiger partial charge on any atom is 0.317 e. The van der Waals surface area contributed by atoms with Crippen LogP contribution in [-0.4, -0.2) is 51.0 Å². The van der Waals surface area contributed by atoms with Gasteiger partial charge in [-0.1, -0.05) is 6.07 Å². The molecule has 2 aromatic rings. The highest BCUT2D eigenvalue weighted by Crippen LogP contribution is 2.12. The van der Waals surface area contributed by atoms with Gasteiger partial charge < -0.3 is 10.2 Å². The van der Waals surface area contributed by atoms with Crippen molar-refractivity contribution in [2.75, 3.05) is 20.6 Å². The number of fused-ring (bicyclic) bond motifs is 1. The van der Waals surface area contributed by atoms with Gasteiger partial charge in [0.15, 0.2) is 0 Å².